The summed E-state index contributed by atoms with van der Waals surface area (Å²) < 4.78 is 178. The molecule has 0 saturated carbocycles. The van der Waals surface area contributed by atoms with Crippen LogP contribution < -0.4 is 22.8 Å². The van der Waals surface area contributed by atoms with Gasteiger partial charge in [-0.3, -0.25) is 0 Å². The lowest BCUT2D eigenvalue weighted by atomic mass is 10.00. The van der Waals surface area contributed by atoms with Crippen molar-refractivity contribution in [2.24, 2.45) is 35.2 Å². The Kier molecular flexibility index (Phi) is 13.7. The average molecular weight is 1110 g/mol. The molecule has 0 atom stereocenters. The highest BCUT2D eigenvalue weighted by atomic mass is 14.9. The quantitative estimate of drug-likeness (QED) is 0.148. The predicted octanol–water partition coefficient (Wildman–Crippen LogP) is 16.3. The van der Waals surface area contributed by atoms with Crippen LogP contribution in [0.5, 0.6) is 0 Å². The van der Waals surface area contributed by atoms with Crippen LogP contribution in [0.1, 0.15) is 132 Å². The van der Waals surface area contributed by atoms with E-state index < -0.39 is 0 Å². The summed E-state index contributed by atoms with van der Waals surface area (Å²) in [4.78, 5) is 0. The lowest BCUT2D eigenvalue weighted by Crippen LogP contribution is -2.31. The van der Waals surface area contributed by atoms with E-state index in [1.165, 1.54) is 31.5 Å². The second-order valence-electron chi connectivity index (χ2n) is 21.2. The van der Waals surface area contributed by atoms with Gasteiger partial charge in [-0.25, -0.2) is 22.8 Å². The maximum atomic E-state index is 8.40. The molecule has 5 heterocycles. The van der Waals surface area contributed by atoms with Crippen LogP contribution in [0.4, 0.5) is 0 Å². The molecular weight excluding hydrogens is 995 g/mol. The summed E-state index contributed by atoms with van der Waals surface area (Å²) in [5, 5.41) is 0. The summed E-state index contributed by atoms with van der Waals surface area (Å²) in [5.41, 5.74) is 15.7. The molecule has 0 aliphatic heterocycles. The number of aryl methyl sites for hydroxylation is 3. The number of nitrogens with zero attached hydrogens (tertiary/aromatic N) is 5. The zero-order chi connectivity index (χ0) is 78.4. The predicted molar refractivity (Wildman–Crippen MR) is 346 cm³/mol. The van der Waals surface area contributed by atoms with Crippen LogP contribution in [0.15, 0.2) is 182 Å². The molecule has 82 heavy (non-hydrogen) atoms. The molecule has 0 unspecified atom stereocenters. The van der Waals surface area contributed by atoms with Crippen LogP contribution in [-0.4, -0.2) is 0 Å². The Hall–Kier alpha value is -8.15. The minimum atomic E-state index is -0.0656. The molecule has 0 radical (unpaired) electrons. The second-order valence-corrected chi connectivity index (χ2v) is 21.2. The zero-order valence-electron chi connectivity index (χ0n) is 73.0. The summed E-state index contributed by atoms with van der Waals surface area (Å²) in [5.74, 6) is 0.576. The highest BCUT2D eigenvalue weighted by Gasteiger charge is 2.18. The number of benzene rings is 5. The first-order valence-corrected chi connectivity index (χ1v) is 27.4. The second kappa shape index (κ2) is 28.5. The minimum Gasteiger partial charge on any atom is -0.201 e. The number of rotatable bonds is 6. The highest BCUT2D eigenvalue weighted by molar-refractivity contribution is 5.65. The number of hydrogen-bond donors (Lipinski definition) is 0. The van der Waals surface area contributed by atoms with E-state index in [9.17, 15) is 0 Å². The molecule has 5 aromatic carbocycles. The van der Waals surface area contributed by atoms with Crippen molar-refractivity contribution in [3.8, 4) is 56.3 Å². The Labute approximate surface area is 524 Å². The monoisotopic (exact) mass is 1110 g/mol. The molecule has 0 amide bonds. The lowest BCUT2D eigenvalue weighted by Gasteiger charge is -2.07. The van der Waals surface area contributed by atoms with Crippen LogP contribution in [0, 0.1) is 96.9 Å². The molecule has 0 aliphatic rings. The van der Waals surface area contributed by atoms with Gasteiger partial charge in [-0.15, -0.1) is 0 Å². The van der Waals surface area contributed by atoms with Gasteiger partial charge in [0.2, 0.25) is 28.5 Å². The maximum Gasteiger partial charge on any atom is 0.212 e. The Balaban J connectivity index is 0.000000203. The molecule has 5 heteroatoms. The number of hydrogen-bond acceptors (Lipinski definition) is 0. The molecule has 0 spiro atoms. The van der Waals surface area contributed by atoms with Gasteiger partial charge in [0.15, 0.2) is 30.9 Å². The molecule has 0 bridgehead atoms. The van der Waals surface area contributed by atoms with Gasteiger partial charge in [0.05, 0.1) is 23.3 Å². The fourth-order valence-corrected chi connectivity index (χ4v) is 8.78. The van der Waals surface area contributed by atoms with E-state index in [2.05, 4.69) is 75.0 Å². The van der Waals surface area contributed by atoms with Crippen LogP contribution in [0.2, 0.25) is 0 Å². The van der Waals surface area contributed by atoms with Crippen molar-refractivity contribution in [2.75, 3.05) is 0 Å². The van der Waals surface area contributed by atoms with E-state index in [-0.39, 0.29) is 121 Å². The van der Waals surface area contributed by atoms with E-state index in [0.29, 0.717) is 113 Å². The molecule has 422 valence electrons. The third kappa shape index (κ3) is 16.7. The summed E-state index contributed by atoms with van der Waals surface area (Å²) in [6.45, 7) is 28.6. The van der Waals surface area contributed by atoms with Crippen molar-refractivity contribution < 1.29 is 51.6 Å². The Morgan fingerprint density at radius 1 is 0.293 bits per heavy atom. The first kappa shape index (κ1) is 39.3. The van der Waals surface area contributed by atoms with Crippen molar-refractivity contribution in [2.45, 2.75) is 117 Å². The van der Waals surface area contributed by atoms with E-state index in [0.717, 1.165) is 16.8 Å². The average Bonchev–Trinajstić information content (AvgIpc) is 0.764. The fraction of sp³-hybridized carbons (Fsp3) is 0.286. The van der Waals surface area contributed by atoms with Gasteiger partial charge in [0, 0.05) is 86.4 Å². The van der Waals surface area contributed by atoms with Gasteiger partial charge in [0.25, 0.3) is 0 Å². The standard InChI is InChI=1S/2C16H20N.3C15H18N/c1-11-6-7-12(2)15(8-11)16-9-13(3)14(4)10-17(16)5;1-12(2)14-9-10-16(17(4)11-14)15-8-6-5-7-13(15)3;2*1-11-5-7-13(3)14(9-11)15-8-6-12(2)10-16(15)4;1-11-5-6-13(3)14(9-11)15-10-12(2)7-8-16(15)4/h6-10H,1-5H3;5-12H,1-4H3;3*5-10H,1-4H3/q5*+1/i6D,7D,8D,9D,10D;;5D,6D,7D,8D,9D,10D;5D,7D,9D,10D;5D,6D,7D,8D,9D,10D. The van der Waals surface area contributed by atoms with Crippen molar-refractivity contribution in [1.82, 2.24) is 0 Å². The highest BCUT2D eigenvalue weighted by Crippen LogP contribution is 2.27. The molecule has 5 aromatic heterocycles. The Morgan fingerprint density at radius 2 is 0.707 bits per heavy atom. The van der Waals surface area contributed by atoms with Crippen LogP contribution in [0.3, 0.4) is 0 Å². The molecule has 0 fully saturated rings. The topological polar surface area (TPSA) is 19.4 Å². The van der Waals surface area contributed by atoms with Crippen LogP contribution >= 0.6 is 0 Å². The Morgan fingerprint density at radius 3 is 1.22 bits per heavy atom. The van der Waals surface area contributed by atoms with Crippen molar-refractivity contribution in [3.05, 3.63) is 266 Å². The van der Waals surface area contributed by atoms with Crippen LogP contribution in [0.25, 0.3) is 56.3 Å². The summed E-state index contributed by atoms with van der Waals surface area (Å²) >= 11 is 0. The van der Waals surface area contributed by atoms with Crippen molar-refractivity contribution in [3.63, 3.8) is 0 Å². The first-order chi connectivity index (χ1) is 47.7. The van der Waals surface area contributed by atoms with Gasteiger partial charge in [-0.05, 0) is 190 Å². The minimum absolute atomic E-state index is 0.00439. The summed E-state index contributed by atoms with van der Waals surface area (Å²) in [6.07, 6.45) is 2.98. The zero-order valence-corrected chi connectivity index (χ0v) is 52.0. The third-order valence-electron chi connectivity index (χ3n) is 13.5. The molecule has 0 saturated heterocycles. The van der Waals surface area contributed by atoms with Gasteiger partial charge in [-0.2, -0.15) is 0 Å². The van der Waals surface area contributed by atoms with Crippen LogP contribution in [-0.2, 0) is 35.2 Å². The van der Waals surface area contributed by atoms with E-state index in [1.807, 2.05) is 26.0 Å². The molecule has 10 aromatic rings. The Bertz CT molecular complexity index is 4360. The molecule has 0 aliphatic carbocycles. The summed E-state index contributed by atoms with van der Waals surface area (Å²) in [7, 11) is 8.81. The van der Waals surface area contributed by atoms with E-state index >= 15 is 0 Å². The smallest absolute Gasteiger partial charge is 0.201 e. The van der Waals surface area contributed by atoms with Crippen molar-refractivity contribution >= 4 is 0 Å². The van der Waals surface area contributed by atoms with Gasteiger partial charge < -0.3 is 0 Å². The van der Waals surface area contributed by atoms with E-state index in [4.69, 9.17) is 28.8 Å². The maximum absolute atomic E-state index is 8.40. The summed E-state index contributed by atoms with van der Waals surface area (Å²) in [6, 6.07) is 18.0. The number of pyridine rings is 5. The first-order valence-electron chi connectivity index (χ1n) is 37.9. The largest absolute Gasteiger partial charge is 0.212 e. The number of aromatic nitrogens is 5. The normalized spacial score (nSPS) is 14.2. The van der Waals surface area contributed by atoms with E-state index in [1.54, 1.807) is 113 Å². The molecule has 0 N–H and O–H groups in total. The SMILES string of the molecule is Cc1ccccc1-c1ccc(C(C)C)c[n+]1C.[2H]c1c([2H])c(C)c(-c2c([2H])c(C)c(C)c([2H])[n+]2C)c([2H])c1C.[2H]c1c([2H])c(C)c(-c2c([2H])c(C)c([2H])c([2H])[n+]2C)c([2H])c1C.[2H]c1c([2H])c(C)c(-c2c([2H])c([2H])c(C)c([2H])[n+]2C)c([2H])c1C.[2H]c1c([2H])c(C)c(-c2ccc(C)c([2H])[n+]2C)c([2H])c1C. The van der Waals surface area contributed by atoms with Crippen molar-refractivity contribution in [1.29, 1.82) is 0 Å². The molecule has 10 rings (SSSR count). The van der Waals surface area contributed by atoms with Gasteiger partial charge in [-0.1, -0.05) is 103 Å². The van der Waals surface area contributed by atoms with Gasteiger partial charge in [0.1, 0.15) is 40.7 Å². The van der Waals surface area contributed by atoms with Gasteiger partial charge >= 0.3 is 0 Å². The molecule has 5 nitrogen and oxygen atoms in total. The lowest BCUT2D eigenvalue weighted by molar-refractivity contribution is -0.661. The fourth-order valence-electron chi connectivity index (χ4n) is 8.78. The third-order valence-corrected chi connectivity index (χ3v) is 13.5. The molecular formula is C77H94N5+5.